The lowest BCUT2D eigenvalue weighted by molar-refractivity contribution is 0.396. The molecule has 0 saturated heterocycles. The summed E-state index contributed by atoms with van der Waals surface area (Å²) in [5, 5.41) is 3.38. The quantitative estimate of drug-likeness (QED) is 0.680. The van der Waals surface area contributed by atoms with Crippen molar-refractivity contribution in [3.05, 3.63) is 45.9 Å². The van der Waals surface area contributed by atoms with Gasteiger partial charge in [0.25, 0.3) is 0 Å². The number of nitrogens with one attached hydrogen (secondary N) is 1. The van der Waals surface area contributed by atoms with Crippen LogP contribution in [0.5, 0.6) is 5.75 Å². The van der Waals surface area contributed by atoms with Gasteiger partial charge in [0.05, 0.1) is 24.9 Å². The van der Waals surface area contributed by atoms with Crippen molar-refractivity contribution in [1.82, 2.24) is 15.2 Å². The van der Waals surface area contributed by atoms with E-state index in [0.717, 1.165) is 36.1 Å². The molecule has 0 amide bonds. The Labute approximate surface area is 135 Å². The van der Waals surface area contributed by atoms with Crippen LogP contribution in [0.25, 0.3) is 0 Å². The van der Waals surface area contributed by atoms with Crippen LogP contribution in [0.4, 0.5) is 0 Å². The van der Waals surface area contributed by atoms with E-state index in [-0.39, 0.29) is 0 Å². The minimum Gasteiger partial charge on any atom is -0.496 e. The van der Waals surface area contributed by atoms with E-state index in [4.69, 9.17) is 4.74 Å². The lowest BCUT2D eigenvalue weighted by atomic mass is 10.2. The highest BCUT2D eigenvalue weighted by molar-refractivity contribution is 7.09. The predicted molar refractivity (Wildman–Crippen MR) is 91.5 cm³/mol. The van der Waals surface area contributed by atoms with Gasteiger partial charge in [-0.3, -0.25) is 4.99 Å². The first kappa shape index (κ1) is 16.3. The molecule has 0 bridgehead atoms. The molecule has 1 aromatic heterocycles. The van der Waals surface area contributed by atoms with Gasteiger partial charge in [-0.05, 0) is 13.0 Å². The first-order chi connectivity index (χ1) is 10.7. The van der Waals surface area contributed by atoms with E-state index in [1.807, 2.05) is 37.7 Å². The van der Waals surface area contributed by atoms with Gasteiger partial charge >= 0.3 is 0 Å². The molecule has 0 aliphatic rings. The first-order valence-electron chi connectivity index (χ1n) is 7.08. The Bertz CT molecular complexity index is 639. The molecular weight excluding hydrogens is 296 g/mol. The van der Waals surface area contributed by atoms with Gasteiger partial charge in [-0.15, -0.1) is 11.3 Å². The van der Waals surface area contributed by atoms with Crippen LogP contribution in [-0.2, 0) is 13.1 Å². The van der Waals surface area contributed by atoms with Crippen LogP contribution in [-0.4, -0.2) is 37.0 Å². The maximum atomic E-state index is 5.40. The van der Waals surface area contributed by atoms with Crippen LogP contribution in [0.1, 0.15) is 16.1 Å². The second kappa shape index (κ2) is 7.79. The number of aromatic nitrogens is 1. The zero-order valence-electron chi connectivity index (χ0n) is 13.5. The van der Waals surface area contributed by atoms with E-state index in [1.165, 1.54) is 4.88 Å². The molecule has 5 nitrogen and oxygen atoms in total. The number of rotatable bonds is 5. The van der Waals surface area contributed by atoms with Crippen molar-refractivity contribution in [3.63, 3.8) is 0 Å². The SMILES string of the molecule is CN=C(NCc1scnc1C)N(C)Cc1ccccc1OC. The highest BCUT2D eigenvalue weighted by Gasteiger charge is 2.10. The van der Waals surface area contributed by atoms with Crippen LogP contribution in [0.2, 0.25) is 0 Å². The molecule has 0 fully saturated rings. The van der Waals surface area contributed by atoms with Crippen LogP contribution >= 0.6 is 11.3 Å². The molecule has 0 unspecified atom stereocenters. The predicted octanol–water partition coefficient (Wildman–Crippen LogP) is 2.67. The molecule has 0 spiro atoms. The van der Waals surface area contributed by atoms with Crippen molar-refractivity contribution in [2.24, 2.45) is 4.99 Å². The third-order valence-electron chi connectivity index (χ3n) is 3.43. The van der Waals surface area contributed by atoms with Crippen LogP contribution in [0.3, 0.4) is 0 Å². The normalized spacial score (nSPS) is 11.4. The lowest BCUT2D eigenvalue weighted by Gasteiger charge is -2.23. The minimum absolute atomic E-state index is 0.728. The topological polar surface area (TPSA) is 49.8 Å². The zero-order valence-corrected chi connectivity index (χ0v) is 14.3. The van der Waals surface area contributed by atoms with Gasteiger partial charge in [0.1, 0.15) is 5.75 Å². The Morgan fingerprint density at radius 3 is 2.82 bits per heavy atom. The minimum atomic E-state index is 0.728. The average molecular weight is 318 g/mol. The molecule has 2 aromatic rings. The number of methoxy groups -OCH3 is 1. The summed E-state index contributed by atoms with van der Waals surface area (Å²) in [6.45, 7) is 3.49. The maximum Gasteiger partial charge on any atom is 0.193 e. The van der Waals surface area contributed by atoms with E-state index in [1.54, 1.807) is 25.5 Å². The highest BCUT2D eigenvalue weighted by Crippen LogP contribution is 2.19. The average Bonchev–Trinajstić information content (AvgIpc) is 2.94. The van der Waals surface area contributed by atoms with Gasteiger partial charge in [0.15, 0.2) is 5.96 Å². The summed E-state index contributed by atoms with van der Waals surface area (Å²) >= 11 is 1.66. The monoisotopic (exact) mass is 318 g/mol. The number of hydrogen-bond acceptors (Lipinski definition) is 4. The largest absolute Gasteiger partial charge is 0.496 e. The van der Waals surface area contributed by atoms with E-state index >= 15 is 0 Å². The number of thiazole rings is 1. The van der Waals surface area contributed by atoms with Crippen molar-refractivity contribution in [3.8, 4) is 5.75 Å². The molecule has 0 atom stereocenters. The second-order valence-corrected chi connectivity index (χ2v) is 5.87. The zero-order chi connectivity index (χ0) is 15.9. The third kappa shape index (κ3) is 3.98. The van der Waals surface area contributed by atoms with Gasteiger partial charge in [-0.2, -0.15) is 0 Å². The van der Waals surface area contributed by atoms with Gasteiger partial charge in [0, 0.05) is 31.1 Å². The summed E-state index contributed by atoms with van der Waals surface area (Å²) in [5.74, 6) is 1.74. The van der Waals surface area contributed by atoms with E-state index < -0.39 is 0 Å². The molecule has 6 heteroatoms. The number of ether oxygens (including phenoxy) is 1. The maximum absolute atomic E-state index is 5.40. The van der Waals surface area contributed by atoms with Crippen LogP contribution in [0.15, 0.2) is 34.8 Å². The molecule has 0 aliphatic carbocycles. The van der Waals surface area contributed by atoms with Crippen LogP contribution < -0.4 is 10.1 Å². The number of aliphatic imine (C=N–C) groups is 1. The molecule has 1 heterocycles. The lowest BCUT2D eigenvalue weighted by Crippen LogP contribution is -2.38. The molecule has 2 rings (SSSR count). The number of para-hydroxylation sites is 1. The fourth-order valence-electron chi connectivity index (χ4n) is 2.20. The smallest absolute Gasteiger partial charge is 0.193 e. The molecule has 1 N–H and O–H groups in total. The Balaban J connectivity index is 2.00. The van der Waals surface area contributed by atoms with Gasteiger partial charge in [-0.1, -0.05) is 18.2 Å². The fraction of sp³-hybridized carbons (Fsp3) is 0.375. The summed E-state index contributed by atoms with van der Waals surface area (Å²) in [4.78, 5) is 11.9. The Morgan fingerprint density at radius 1 is 1.41 bits per heavy atom. The van der Waals surface area contributed by atoms with E-state index in [0.29, 0.717) is 0 Å². The summed E-state index contributed by atoms with van der Waals surface area (Å²) < 4.78 is 5.40. The van der Waals surface area contributed by atoms with E-state index in [2.05, 4.69) is 26.3 Å². The van der Waals surface area contributed by atoms with Crippen molar-refractivity contribution >= 4 is 17.3 Å². The molecule has 22 heavy (non-hydrogen) atoms. The standard InChI is InChI=1S/C16H22N4OS/c1-12-15(22-11-19-12)9-18-16(17-2)20(3)10-13-7-5-6-8-14(13)21-4/h5-8,11H,9-10H2,1-4H3,(H,17,18). The fourth-order valence-corrected chi connectivity index (χ4v) is 2.92. The van der Waals surface area contributed by atoms with Gasteiger partial charge in [0.2, 0.25) is 0 Å². The number of aryl methyl sites for hydroxylation is 1. The van der Waals surface area contributed by atoms with Crippen molar-refractivity contribution in [2.75, 3.05) is 21.2 Å². The number of hydrogen-bond donors (Lipinski definition) is 1. The molecule has 0 aliphatic heterocycles. The van der Waals surface area contributed by atoms with Gasteiger partial charge in [-0.25, -0.2) is 4.98 Å². The Hall–Kier alpha value is -2.08. The van der Waals surface area contributed by atoms with Gasteiger partial charge < -0.3 is 15.0 Å². The first-order valence-corrected chi connectivity index (χ1v) is 7.96. The van der Waals surface area contributed by atoms with Crippen molar-refractivity contribution in [1.29, 1.82) is 0 Å². The Morgan fingerprint density at radius 2 is 2.18 bits per heavy atom. The Kier molecular flexibility index (Phi) is 5.77. The highest BCUT2D eigenvalue weighted by atomic mass is 32.1. The molecule has 0 radical (unpaired) electrons. The van der Waals surface area contributed by atoms with Crippen molar-refractivity contribution < 1.29 is 4.74 Å². The third-order valence-corrected chi connectivity index (χ3v) is 4.36. The number of benzene rings is 1. The molecule has 118 valence electrons. The number of guanidine groups is 1. The number of nitrogens with zero attached hydrogens (tertiary/aromatic N) is 3. The summed E-state index contributed by atoms with van der Waals surface area (Å²) in [6, 6.07) is 8.03. The van der Waals surface area contributed by atoms with Crippen LogP contribution in [0, 0.1) is 6.92 Å². The second-order valence-electron chi connectivity index (χ2n) is 4.93. The summed E-state index contributed by atoms with van der Waals surface area (Å²) in [5.41, 5.74) is 4.07. The molecule has 0 saturated carbocycles. The summed E-state index contributed by atoms with van der Waals surface area (Å²) in [6.07, 6.45) is 0. The van der Waals surface area contributed by atoms with Crippen molar-refractivity contribution in [2.45, 2.75) is 20.0 Å². The molecular formula is C16H22N4OS. The molecule has 1 aromatic carbocycles. The van der Waals surface area contributed by atoms with E-state index in [9.17, 15) is 0 Å². The summed E-state index contributed by atoms with van der Waals surface area (Å²) in [7, 11) is 5.50.